The Morgan fingerprint density at radius 1 is 1.26 bits per heavy atom. The Labute approximate surface area is 195 Å². The minimum Gasteiger partial charge on any atom is -0.339 e. The first kappa shape index (κ1) is 21.9. The summed E-state index contributed by atoms with van der Waals surface area (Å²) in [6.45, 7) is 5.48. The molecule has 5 aromatic rings. The van der Waals surface area contributed by atoms with Gasteiger partial charge >= 0.3 is 0 Å². The topological polar surface area (TPSA) is 117 Å². The van der Waals surface area contributed by atoms with E-state index in [9.17, 15) is 13.6 Å². The Bertz CT molecular complexity index is 1500. The minimum atomic E-state index is -2.91. The number of Topliss-reactive ketones (excluding diaryl/α,β-unsaturated/α-hetero) is 1. The molecule has 5 heterocycles. The van der Waals surface area contributed by atoms with Crippen LogP contribution in [0.15, 0.2) is 35.1 Å². The van der Waals surface area contributed by atoms with E-state index >= 15 is 0 Å². The summed E-state index contributed by atoms with van der Waals surface area (Å²) >= 11 is 1.56. The van der Waals surface area contributed by atoms with Gasteiger partial charge in [-0.25, -0.2) is 13.8 Å². The van der Waals surface area contributed by atoms with Gasteiger partial charge in [-0.1, -0.05) is 12.1 Å². The molecule has 0 amide bonds. The van der Waals surface area contributed by atoms with Crippen molar-refractivity contribution in [2.75, 3.05) is 0 Å². The summed E-state index contributed by atoms with van der Waals surface area (Å²) < 4.78 is 34.9. The summed E-state index contributed by atoms with van der Waals surface area (Å²) in [6, 6.07) is 5.39. The van der Waals surface area contributed by atoms with Gasteiger partial charge in [0.15, 0.2) is 17.3 Å². The fourth-order valence-corrected chi connectivity index (χ4v) is 4.50. The van der Waals surface area contributed by atoms with Crippen molar-refractivity contribution in [1.82, 2.24) is 39.7 Å². The molecule has 0 saturated heterocycles. The highest BCUT2D eigenvalue weighted by Gasteiger charge is 2.25. The number of thiophene rings is 1. The molecule has 0 radical (unpaired) electrons. The van der Waals surface area contributed by atoms with E-state index in [2.05, 4.69) is 30.7 Å². The van der Waals surface area contributed by atoms with Gasteiger partial charge in [-0.05, 0) is 42.5 Å². The van der Waals surface area contributed by atoms with Crippen LogP contribution in [0.1, 0.15) is 58.5 Å². The molecule has 0 aromatic carbocycles. The van der Waals surface area contributed by atoms with E-state index in [0.717, 1.165) is 20.1 Å². The molecular formula is C21H18F2N8O2S. The third-order valence-electron chi connectivity index (χ3n) is 5.27. The Hall–Kier alpha value is -3.87. The van der Waals surface area contributed by atoms with Crippen molar-refractivity contribution in [3.05, 3.63) is 58.6 Å². The molecule has 1 atom stereocenters. The molecule has 5 rings (SSSR count). The third-order valence-corrected chi connectivity index (χ3v) is 6.30. The number of pyridine rings is 1. The lowest BCUT2D eigenvalue weighted by molar-refractivity contribution is 0.0970. The SMILES string of the molecule is Cc1noc([C@@H](C)CC(=O)c2cc(-n3nnnc3C(F)F)c3ncc(-c4ccc(C)s4)n3c2)n1. The number of halogens is 2. The number of hydrogen-bond donors (Lipinski definition) is 0. The van der Waals surface area contributed by atoms with Crippen LogP contribution in [0.5, 0.6) is 0 Å². The van der Waals surface area contributed by atoms with Crippen molar-refractivity contribution in [2.24, 2.45) is 0 Å². The summed E-state index contributed by atoms with van der Waals surface area (Å²) in [6.07, 6.45) is 0.446. The average molecular weight is 484 g/mol. The van der Waals surface area contributed by atoms with Gasteiger partial charge in [-0.15, -0.1) is 16.4 Å². The summed E-state index contributed by atoms with van der Waals surface area (Å²) in [5, 5.41) is 14.3. The number of carbonyl (C=O) groups is 1. The zero-order chi connectivity index (χ0) is 24.0. The standard InChI is InChI=1S/C21H18F2N8O2S/c1-10(21-25-12(3)27-33-21)6-16(32)13-7-14(31-20(18(22)23)26-28-29-31)19-24-8-15(30(19)9-13)17-5-4-11(2)34-17/h4-5,7-10,18H,6H2,1-3H3/t10-/m0/s1. The molecule has 174 valence electrons. The van der Waals surface area contributed by atoms with Crippen LogP contribution in [0.2, 0.25) is 0 Å². The molecule has 0 aliphatic carbocycles. The molecule has 0 bridgehead atoms. The molecule has 0 spiro atoms. The first-order valence-electron chi connectivity index (χ1n) is 10.3. The van der Waals surface area contributed by atoms with Gasteiger partial charge < -0.3 is 4.52 Å². The quantitative estimate of drug-likeness (QED) is 0.313. The maximum Gasteiger partial charge on any atom is 0.299 e. The highest BCUT2D eigenvalue weighted by molar-refractivity contribution is 7.15. The van der Waals surface area contributed by atoms with E-state index in [1.807, 2.05) is 19.1 Å². The number of nitrogens with zero attached hydrogens (tertiary/aromatic N) is 8. The van der Waals surface area contributed by atoms with Gasteiger partial charge in [0.2, 0.25) is 11.7 Å². The summed E-state index contributed by atoms with van der Waals surface area (Å²) in [5.74, 6) is -0.381. The van der Waals surface area contributed by atoms with E-state index in [4.69, 9.17) is 4.52 Å². The van der Waals surface area contributed by atoms with E-state index < -0.39 is 12.2 Å². The van der Waals surface area contributed by atoms with E-state index in [1.165, 1.54) is 6.07 Å². The van der Waals surface area contributed by atoms with Crippen molar-refractivity contribution in [3.8, 4) is 16.3 Å². The first-order chi connectivity index (χ1) is 16.3. The van der Waals surface area contributed by atoms with Crippen molar-refractivity contribution in [2.45, 2.75) is 39.5 Å². The molecule has 13 heteroatoms. The predicted octanol–water partition coefficient (Wildman–Crippen LogP) is 4.35. The summed E-state index contributed by atoms with van der Waals surface area (Å²) in [4.78, 5) is 23.9. The van der Waals surface area contributed by atoms with E-state index in [0.29, 0.717) is 17.4 Å². The number of ketones is 1. The highest BCUT2D eigenvalue weighted by atomic mass is 32.1. The number of aromatic nitrogens is 8. The molecule has 0 aliphatic rings. The van der Waals surface area contributed by atoms with Crippen molar-refractivity contribution < 1.29 is 18.1 Å². The molecular weight excluding hydrogens is 466 g/mol. The number of carbonyl (C=O) groups excluding carboxylic acids is 1. The Morgan fingerprint density at radius 3 is 2.76 bits per heavy atom. The number of hydrogen-bond acceptors (Lipinski definition) is 9. The van der Waals surface area contributed by atoms with Crippen molar-refractivity contribution in [1.29, 1.82) is 0 Å². The van der Waals surface area contributed by atoms with Gasteiger partial charge in [-0.3, -0.25) is 9.20 Å². The van der Waals surface area contributed by atoms with Crippen LogP contribution >= 0.6 is 11.3 Å². The van der Waals surface area contributed by atoms with Gasteiger partial charge in [0, 0.05) is 29.0 Å². The molecule has 10 nitrogen and oxygen atoms in total. The van der Waals surface area contributed by atoms with E-state index in [-0.39, 0.29) is 29.4 Å². The maximum atomic E-state index is 13.6. The van der Waals surface area contributed by atoms with Crippen LogP contribution in [0.3, 0.4) is 0 Å². The van der Waals surface area contributed by atoms with Crippen LogP contribution in [-0.2, 0) is 0 Å². The number of imidazole rings is 1. The fraction of sp³-hybridized carbons (Fsp3) is 0.286. The second-order valence-electron chi connectivity index (χ2n) is 7.82. The lowest BCUT2D eigenvalue weighted by atomic mass is 10.0. The van der Waals surface area contributed by atoms with Gasteiger partial charge in [-0.2, -0.15) is 9.67 Å². The van der Waals surface area contributed by atoms with Crippen molar-refractivity contribution >= 4 is 22.8 Å². The molecule has 0 unspecified atom stereocenters. The van der Waals surface area contributed by atoms with Gasteiger partial charge in [0.1, 0.15) is 5.69 Å². The maximum absolute atomic E-state index is 13.6. The Balaban J connectivity index is 1.64. The zero-order valence-corrected chi connectivity index (χ0v) is 19.1. The summed E-state index contributed by atoms with van der Waals surface area (Å²) in [7, 11) is 0. The number of aryl methyl sites for hydroxylation is 2. The van der Waals surface area contributed by atoms with Gasteiger partial charge in [0.25, 0.3) is 6.43 Å². The minimum absolute atomic E-state index is 0.0754. The van der Waals surface area contributed by atoms with Crippen molar-refractivity contribution in [3.63, 3.8) is 0 Å². The number of fused-ring (bicyclic) bond motifs is 1. The fourth-order valence-electron chi connectivity index (χ4n) is 3.63. The highest BCUT2D eigenvalue weighted by Crippen LogP contribution is 2.32. The predicted molar refractivity (Wildman–Crippen MR) is 117 cm³/mol. The molecule has 34 heavy (non-hydrogen) atoms. The number of tetrazole rings is 1. The molecule has 0 aliphatic heterocycles. The largest absolute Gasteiger partial charge is 0.339 e. The second kappa shape index (κ2) is 8.48. The van der Waals surface area contributed by atoms with Crippen LogP contribution in [-0.4, -0.2) is 45.5 Å². The van der Waals surface area contributed by atoms with Gasteiger partial charge in [0.05, 0.1) is 16.8 Å². The number of alkyl halides is 2. The lowest BCUT2D eigenvalue weighted by Gasteiger charge is -2.11. The molecule has 5 aromatic heterocycles. The van der Waals surface area contributed by atoms with Crippen LogP contribution in [0.25, 0.3) is 21.9 Å². The zero-order valence-electron chi connectivity index (χ0n) is 18.3. The molecule has 0 N–H and O–H groups in total. The van der Waals surface area contributed by atoms with Crippen LogP contribution in [0, 0.1) is 13.8 Å². The Kier molecular flexibility index (Phi) is 5.48. The lowest BCUT2D eigenvalue weighted by Crippen LogP contribution is -2.11. The number of rotatable bonds is 7. The third kappa shape index (κ3) is 3.87. The first-order valence-corrected chi connectivity index (χ1v) is 11.1. The van der Waals surface area contributed by atoms with Crippen LogP contribution < -0.4 is 0 Å². The average Bonchev–Trinajstić information content (AvgIpc) is 3.59. The normalized spacial score (nSPS) is 12.6. The monoisotopic (exact) mass is 484 g/mol. The smallest absolute Gasteiger partial charge is 0.299 e. The van der Waals surface area contributed by atoms with Crippen LogP contribution in [0.4, 0.5) is 8.78 Å². The molecule has 0 fully saturated rings. The Morgan fingerprint density at radius 2 is 2.09 bits per heavy atom. The molecule has 0 saturated carbocycles. The second-order valence-corrected chi connectivity index (χ2v) is 9.11. The van der Waals surface area contributed by atoms with E-state index in [1.54, 1.807) is 42.0 Å². The summed E-state index contributed by atoms with van der Waals surface area (Å²) in [5.41, 5.74) is 1.52.